The molecule has 1 aromatic heterocycles. The predicted molar refractivity (Wildman–Crippen MR) is 58.8 cm³/mol. The minimum absolute atomic E-state index is 1.15. The van der Waals surface area contributed by atoms with Crippen LogP contribution in [0.25, 0.3) is 0 Å². The van der Waals surface area contributed by atoms with Crippen LogP contribution < -0.4 is 5.32 Å². The smallest absolute Gasteiger partial charge is 0.0956 e. The molecule has 0 atom stereocenters. The van der Waals surface area contributed by atoms with Crippen LogP contribution in [0, 0.1) is 6.92 Å². The summed E-state index contributed by atoms with van der Waals surface area (Å²) >= 11 is 1.73. The molecule has 2 rings (SSSR count). The summed E-state index contributed by atoms with van der Waals surface area (Å²) < 4.78 is 0. The molecule has 2 aromatic rings. The fourth-order valence-electron chi connectivity index (χ4n) is 1.15. The van der Waals surface area contributed by atoms with Crippen molar-refractivity contribution in [1.29, 1.82) is 0 Å². The van der Waals surface area contributed by atoms with Crippen molar-refractivity contribution < 1.29 is 0 Å². The lowest BCUT2D eigenvalue weighted by atomic mass is 10.3. The predicted octanol–water partition coefficient (Wildman–Crippen LogP) is 3.80. The van der Waals surface area contributed by atoms with E-state index in [-0.39, 0.29) is 0 Å². The molecule has 0 unspecified atom stereocenters. The van der Waals surface area contributed by atoms with E-state index in [1.807, 2.05) is 18.2 Å². The van der Waals surface area contributed by atoms with Gasteiger partial charge in [-0.1, -0.05) is 18.2 Å². The number of nitrogens with one attached hydrogen (secondary N) is 1. The molecule has 0 fully saturated rings. The van der Waals surface area contributed by atoms with E-state index in [1.165, 1.54) is 10.6 Å². The van der Waals surface area contributed by atoms with Gasteiger partial charge >= 0.3 is 0 Å². The molecule has 1 N–H and O–H groups in total. The van der Waals surface area contributed by atoms with Gasteiger partial charge in [0.1, 0.15) is 0 Å². The maximum atomic E-state index is 3.37. The zero-order chi connectivity index (χ0) is 9.10. The summed E-state index contributed by atoms with van der Waals surface area (Å²) in [5.74, 6) is 0. The Kier molecular flexibility index (Phi) is 2.32. The Labute approximate surface area is 82.0 Å². The quantitative estimate of drug-likeness (QED) is 0.757. The number of hydrogen-bond acceptors (Lipinski definition) is 2. The van der Waals surface area contributed by atoms with Crippen LogP contribution in [0.15, 0.2) is 41.8 Å². The van der Waals surface area contributed by atoms with E-state index in [9.17, 15) is 0 Å². The first-order chi connectivity index (χ1) is 6.36. The number of thiophene rings is 1. The van der Waals surface area contributed by atoms with Crippen LogP contribution in [-0.2, 0) is 0 Å². The Morgan fingerprint density at radius 3 is 2.46 bits per heavy atom. The van der Waals surface area contributed by atoms with Gasteiger partial charge in [0.25, 0.3) is 0 Å². The van der Waals surface area contributed by atoms with Crippen molar-refractivity contribution in [2.75, 3.05) is 5.32 Å². The summed E-state index contributed by atoms with van der Waals surface area (Å²) in [6.07, 6.45) is 0. The van der Waals surface area contributed by atoms with Gasteiger partial charge in [-0.05, 0) is 36.1 Å². The molecule has 0 aliphatic heterocycles. The number of aryl methyl sites for hydroxylation is 1. The van der Waals surface area contributed by atoms with Crippen molar-refractivity contribution in [2.24, 2.45) is 0 Å². The van der Waals surface area contributed by atoms with Crippen molar-refractivity contribution in [1.82, 2.24) is 0 Å². The lowest BCUT2D eigenvalue weighted by Crippen LogP contribution is -1.87. The molecule has 0 spiro atoms. The summed E-state index contributed by atoms with van der Waals surface area (Å²) in [5, 5.41) is 6.70. The highest BCUT2D eigenvalue weighted by Crippen LogP contribution is 2.25. The normalized spacial score (nSPS) is 9.92. The molecule has 0 aliphatic rings. The third-order valence-electron chi connectivity index (χ3n) is 1.89. The standard InChI is InChI=1S/C11H11NS/c1-9-7-8-13-11(9)12-10-5-3-2-4-6-10/h2-8,12H,1H3. The topological polar surface area (TPSA) is 12.0 Å². The van der Waals surface area contributed by atoms with E-state index in [2.05, 4.69) is 35.8 Å². The van der Waals surface area contributed by atoms with E-state index in [1.54, 1.807) is 11.3 Å². The Balaban J connectivity index is 2.20. The fraction of sp³-hybridized carbons (Fsp3) is 0.0909. The highest BCUT2D eigenvalue weighted by atomic mass is 32.1. The van der Waals surface area contributed by atoms with Crippen LogP contribution in [0.5, 0.6) is 0 Å². The Morgan fingerprint density at radius 2 is 1.85 bits per heavy atom. The lowest BCUT2D eigenvalue weighted by molar-refractivity contribution is 1.51. The highest BCUT2D eigenvalue weighted by molar-refractivity contribution is 7.14. The third-order valence-corrected chi connectivity index (χ3v) is 2.83. The van der Waals surface area contributed by atoms with E-state index in [4.69, 9.17) is 0 Å². The number of benzene rings is 1. The molecule has 0 radical (unpaired) electrons. The van der Waals surface area contributed by atoms with Crippen molar-refractivity contribution >= 4 is 22.0 Å². The van der Waals surface area contributed by atoms with E-state index in [0.29, 0.717) is 0 Å². The maximum absolute atomic E-state index is 3.37. The minimum atomic E-state index is 1.15. The Morgan fingerprint density at radius 1 is 1.08 bits per heavy atom. The summed E-state index contributed by atoms with van der Waals surface area (Å²) in [6, 6.07) is 12.3. The Bertz CT molecular complexity index is 378. The van der Waals surface area contributed by atoms with Gasteiger partial charge in [-0.2, -0.15) is 0 Å². The second kappa shape index (κ2) is 3.62. The molecule has 13 heavy (non-hydrogen) atoms. The molecule has 0 bridgehead atoms. The number of anilines is 2. The van der Waals surface area contributed by atoms with Gasteiger partial charge in [0.05, 0.1) is 5.00 Å². The van der Waals surface area contributed by atoms with E-state index in [0.717, 1.165) is 5.69 Å². The van der Waals surface area contributed by atoms with Crippen molar-refractivity contribution in [3.05, 3.63) is 47.3 Å². The molecule has 0 saturated heterocycles. The highest BCUT2D eigenvalue weighted by Gasteiger charge is 1.98. The summed E-state index contributed by atoms with van der Waals surface area (Å²) in [6.45, 7) is 2.11. The van der Waals surface area contributed by atoms with Gasteiger partial charge in [0.15, 0.2) is 0 Å². The molecule has 1 heterocycles. The van der Waals surface area contributed by atoms with E-state index >= 15 is 0 Å². The molecular formula is C11H11NS. The van der Waals surface area contributed by atoms with Crippen molar-refractivity contribution in [2.45, 2.75) is 6.92 Å². The molecule has 66 valence electrons. The van der Waals surface area contributed by atoms with Gasteiger partial charge < -0.3 is 5.32 Å². The van der Waals surface area contributed by atoms with Crippen LogP contribution in [0.4, 0.5) is 10.7 Å². The third kappa shape index (κ3) is 1.90. The summed E-state index contributed by atoms with van der Waals surface area (Å²) in [5.41, 5.74) is 2.45. The first kappa shape index (κ1) is 8.32. The summed E-state index contributed by atoms with van der Waals surface area (Å²) in [4.78, 5) is 0. The zero-order valence-corrected chi connectivity index (χ0v) is 8.27. The monoisotopic (exact) mass is 189 g/mol. The molecule has 1 aromatic carbocycles. The molecule has 2 heteroatoms. The number of para-hydroxylation sites is 1. The second-order valence-corrected chi connectivity index (χ2v) is 3.84. The van der Waals surface area contributed by atoms with Crippen LogP contribution >= 0.6 is 11.3 Å². The van der Waals surface area contributed by atoms with E-state index < -0.39 is 0 Å². The van der Waals surface area contributed by atoms with Gasteiger partial charge in [-0.3, -0.25) is 0 Å². The van der Waals surface area contributed by atoms with Crippen LogP contribution in [-0.4, -0.2) is 0 Å². The van der Waals surface area contributed by atoms with Gasteiger partial charge in [-0.15, -0.1) is 11.3 Å². The first-order valence-electron chi connectivity index (χ1n) is 4.22. The largest absolute Gasteiger partial charge is 0.347 e. The maximum Gasteiger partial charge on any atom is 0.0956 e. The molecule has 0 saturated carbocycles. The summed E-state index contributed by atoms with van der Waals surface area (Å²) in [7, 11) is 0. The lowest BCUT2D eigenvalue weighted by Gasteiger charge is -2.03. The average Bonchev–Trinajstić information content (AvgIpc) is 2.54. The van der Waals surface area contributed by atoms with Crippen LogP contribution in [0.2, 0.25) is 0 Å². The van der Waals surface area contributed by atoms with Crippen LogP contribution in [0.1, 0.15) is 5.56 Å². The Hall–Kier alpha value is -1.28. The second-order valence-electron chi connectivity index (χ2n) is 2.92. The molecule has 0 aliphatic carbocycles. The van der Waals surface area contributed by atoms with Gasteiger partial charge in [0, 0.05) is 5.69 Å². The molecule has 0 amide bonds. The average molecular weight is 189 g/mol. The van der Waals surface area contributed by atoms with Crippen molar-refractivity contribution in [3.63, 3.8) is 0 Å². The molecular weight excluding hydrogens is 178 g/mol. The van der Waals surface area contributed by atoms with Crippen molar-refractivity contribution in [3.8, 4) is 0 Å². The molecule has 1 nitrogen and oxygen atoms in total. The van der Waals surface area contributed by atoms with Gasteiger partial charge in [0.2, 0.25) is 0 Å². The first-order valence-corrected chi connectivity index (χ1v) is 5.10. The SMILES string of the molecule is Cc1ccsc1Nc1ccccc1. The van der Waals surface area contributed by atoms with Gasteiger partial charge in [-0.25, -0.2) is 0 Å². The zero-order valence-electron chi connectivity index (χ0n) is 7.45. The fourth-order valence-corrected chi connectivity index (χ4v) is 1.99. The number of rotatable bonds is 2. The minimum Gasteiger partial charge on any atom is -0.347 e. The van der Waals surface area contributed by atoms with Crippen LogP contribution in [0.3, 0.4) is 0 Å². The number of hydrogen-bond donors (Lipinski definition) is 1.